The number of amides is 3. The van der Waals surface area contributed by atoms with Crippen molar-refractivity contribution in [1.82, 2.24) is 4.90 Å². The maximum Gasteiger partial charge on any atom is 0.269 e. The van der Waals surface area contributed by atoms with Crippen molar-refractivity contribution >= 4 is 43.1 Å². The summed E-state index contributed by atoms with van der Waals surface area (Å²) >= 11 is 0. The Labute approximate surface area is 275 Å². The van der Waals surface area contributed by atoms with Crippen LogP contribution in [0, 0.1) is 5.92 Å². The molecule has 2 N–H and O–H groups in total. The molecule has 2 fully saturated rings. The first-order valence-corrected chi connectivity index (χ1v) is 19.4. The third-order valence-electron chi connectivity index (χ3n) is 10.4. The van der Waals surface area contributed by atoms with Gasteiger partial charge in [0.2, 0.25) is 5.91 Å². The molecule has 246 valence electrons. The minimum Gasteiger partial charge on any atom is -0.482 e. The lowest BCUT2D eigenvalue weighted by Gasteiger charge is -2.33. The van der Waals surface area contributed by atoms with E-state index in [0.29, 0.717) is 41.5 Å². The van der Waals surface area contributed by atoms with Gasteiger partial charge in [0.25, 0.3) is 11.8 Å². The van der Waals surface area contributed by atoms with Crippen LogP contribution in [0.4, 0.5) is 17.1 Å². The van der Waals surface area contributed by atoms with Crippen LogP contribution in [-0.2, 0) is 31.3 Å². The Bertz CT molecular complexity index is 1710. The second-order valence-electron chi connectivity index (χ2n) is 13.7. The largest absolute Gasteiger partial charge is 0.482 e. The predicted molar refractivity (Wildman–Crippen MR) is 179 cm³/mol. The number of aliphatic hydroxyl groups is 1. The summed E-state index contributed by atoms with van der Waals surface area (Å²) in [7, 11) is -3.02. The fraction of sp³-hybridized carbons (Fsp3) is 0.417. The van der Waals surface area contributed by atoms with Gasteiger partial charge < -0.3 is 29.2 Å². The summed E-state index contributed by atoms with van der Waals surface area (Å²) in [5.74, 6) is -0.520. The molecule has 0 bridgehead atoms. The Balaban J connectivity index is 1.34. The number of ether oxygens (including phenoxy) is 2. The summed E-state index contributed by atoms with van der Waals surface area (Å²) in [5, 5.41) is 9.90. The van der Waals surface area contributed by atoms with Crippen molar-refractivity contribution in [3.8, 4) is 5.75 Å². The first-order chi connectivity index (χ1) is 22.5. The molecule has 11 heteroatoms. The Kier molecular flexibility index (Phi) is 7.98. The molecule has 3 aromatic carbocycles. The van der Waals surface area contributed by atoms with E-state index in [9.17, 15) is 24.3 Å². The molecule has 2 saturated heterocycles. The van der Waals surface area contributed by atoms with E-state index in [0.717, 1.165) is 18.4 Å². The van der Waals surface area contributed by atoms with Crippen LogP contribution in [0.2, 0.25) is 18.6 Å². The van der Waals surface area contributed by atoms with Crippen LogP contribution in [0.3, 0.4) is 0 Å². The zero-order chi connectivity index (χ0) is 33.1. The molecule has 3 aromatic rings. The van der Waals surface area contributed by atoms with Gasteiger partial charge in [-0.15, -0.1) is 0 Å². The van der Waals surface area contributed by atoms with Crippen LogP contribution in [0.25, 0.3) is 0 Å². The molecule has 1 spiro atoms. The van der Waals surface area contributed by atoms with E-state index >= 15 is 0 Å². The Hall–Kier alpha value is -4.03. The molecule has 4 aliphatic rings. The molecular formula is C36H41N3O7Si. The highest BCUT2D eigenvalue weighted by Crippen LogP contribution is 2.60. The first-order valence-electron chi connectivity index (χ1n) is 16.4. The van der Waals surface area contributed by atoms with E-state index in [2.05, 4.69) is 0 Å². The predicted octanol–water partition coefficient (Wildman–Crippen LogP) is 4.46. The molecule has 47 heavy (non-hydrogen) atoms. The van der Waals surface area contributed by atoms with Crippen molar-refractivity contribution in [1.29, 1.82) is 0 Å². The molecule has 5 atom stereocenters. The molecular weight excluding hydrogens is 614 g/mol. The summed E-state index contributed by atoms with van der Waals surface area (Å²) in [6.07, 6.45) is 0.844. The third kappa shape index (κ3) is 5.16. The van der Waals surface area contributed by atoms with E-state index in [4.69, 9.17) is 9.47 Å². The van der Waals surface area contributed by atoms with E-state index in [1.807, 2.05) is 92.8 Å². The lowest BCUT2D eigenvalue weighted by molar-refractivity contribution is -0.150. The van der Waals surface area contributed by atoms with E-state index in [-0.39, 0.29) is 43.4 Å². The number of carbonyl (C=O) groups excluding carboxylic acids is 3. The summed E-state index contributed by atoms with van der Waals surface area (Å²) < 4.78 is 12.6. The van der Waals surface area contributed by atoms with Gasteiger partial charge in [-0.1, -0.05) is 49.4 Å². The lowest BCUT2D eigenvalue weighted by Crippen LogP contribution is -2.46. The van der Waals surface area contributed by atoms with Crippen molar-refractivity contribution in [2.75, 3.05) is 29.6 Å². The zero-order valence-electron chi connectivity index (χ0n) is 27.0. The van der Waals surface area contributed by atoms with Gasteiger partial charge in [0.05, 0.1) is 43.1 Å². The van der Waals surface area contributed by atoms with Gasteiger partial charge >= 0.3 is 0 Å². The molecule has 4 aliphatic heterocycles. The van der Waals surface area contributed by atoms with Gasteiger partial charge in [-0.25, -0.2) is 0 Å². The summed E-state index contributed by atoms with van der Waals surface area (Å²) in [6, 6.07) is 22.4. The fourth-order valence-corrected chi connectivity index (χ4v) is 10.9. The number of likely N-dealkylation sites (tertiary alicyclic amines) is 1. The molecule has 4 heterocycles. The molecule has 3 amide bonds. The average molecular weight is 656 g/mol. The van der Waals surface area contributed by atoms with Crippen molar-refractivity contribution in [2.45, 2.75) is 69.1 Å². The van der Waals surface area contributed by atoms with Gasteiger partial charge in [-0.05, 0) is 61.8 Å². The van der Waals surface area contributed by atoms with Gasteiger partial charge in [0, 0.05) is 29.3 Å². The average Bonchev–Trinajstić information content (AvgIpc) is 3.72. The number of rotatable bonds is 7. The smallest absolute Gasteiger partial charge is 0.269 e. The number of hydrogen-bond donors (Lipinski definition) is 2. The molecule has 0 radical (unpaired) electrons. The number of carbonyl (C=O) groups is 3. The Morgan fingerprint density at radius 3 is 2.51 bits per heavy atom. The van der Waals surface area contributed by atoms with E-state index in [1.54, 1.807) is 14.7 Å². The highest BCUT2D eigenvalue weighted by molar-refractivity contribution is 6.71. The minimum absolute atomic E-state index is 0.000557. The van der Waals surface area contributed by atoms with Crippen molar-refractivity contribution < 1.29 is 33.8 Å². The molecule has 0 aliphatic carbocycles. The second-order valence-corrected chi connectivity index (χ2v) is 17.7. The number of anilines is 3. The van der Waals surface area contributed by atoms with Crippen LogP contribution in [0.15, 0.2) is 72.8 Å². The van der Waals surface area contributed by atoms with Crippen LogP contribution >= 0.6 is 0 Å². The SMILES string of the molecule is C[C@@H]1[C@@H]([Si](C)(C)O)[C@H](CC(=O)N2CCC[C@H]2CO)O[C@@]12C(=O)N(Cc1ccccc1)c1ccc(N3C(=O)COc4ccccc43)cc12. The molecule has 7 rings (SSSR count). The van der Waals surface area contributed by atoms with E-state index in [1.165, 1.54) is 0 Å². The van der Waals surface area contributed by atoms with Gasteiger partial charge in [-0.3, -0.25) is 19.3 Å². The fourth-order valence-electron chi connectivity index (χ4n) is 8.36. The highest BCUT2D eigenvalue weighted by Gasteiger charge is 2.66. The quantitative estimate of drug-likeness (QED) is 0.361. The number of aliphatic hydroxyl groups excluding tert-OH is 1. The maximum absolute atomic E-state index is 14.9. The number of para-hydroxylation sites is 2. The number of benzene rings is 3. The monoisotopic (exact) mass is 655 g/mol. The van der Waals surface area contributed by atoms with Crippen LogP contribution in [0.5, 0.6) is 5.75 Å². The standard InChI is InChI=1S/C36H41N3O7Si/c1-23-34(47(2,3)44)31(19-32(41)37-17-9-12-26(37)21-40)46-36(23)27-18-25(39-29-13-7-8-14-30(29)45-22-33(39)42)15-16-28(27)38(35(36)43)20-24-10-5-4-6-11-24/h4-8,10-11,13-16,18,23,26,31,34,40,44H,9,12,17,19-22H2,1-3H3/t23-,26+,31+,34-,36+/m1/s1. The summed E-state index contributed by atoms with van der Waals surface area (Å²) in [4.78, 5) is 58.8. The minimum atomic E-state index is -3.02. The molecule has 0 saturated carbocycles. The van der Waals surface area contributed by atoms with Gasteiger partial charge in [-0.2, -0.15) is 0 Å². The van der Waals surface area contributed by atoms with Gasteiger partial charge in [0.15, 0.2) is 20.5 Å². The van der Waals surface area contributed by atoms with Crippen molar-refractivity contribution in [2.24, 2.45) is 5.92 Å². The Morgan fingerprint density at radius 1 is 1.02 bits per heavy atom. The Morgan fingerprint density at radius 2 is 1.77 bits per heavy atom. The van der Waals surface area contributed by atoms with Crippen LogP contribution in [0.1, 0.15) is 37.3 Å². The zero-order valence-corrected chi connectivity index (χ0v) is 28.0. The molecule has 0 unspecified atom stereocenters. The summed E-state index contributed by atoms with van der Waals surface area (Å²) in [5.41, 5.74) is 1.49. The normalized spacial score (nSPS) is 27.0. The first kappa shape index (κ1) is 31.6. The number of hydrogen-bond acceptors (Lipinski definition) is 7. The second kappa shape index (κ2) is 11.9. The number of nitrogens with zero attached hydrogens (tertiary/aromatic N) is 3. The summed E-state index contributed by atoms with van der Waals surface area (Å²) in [6.45, 7) is 6.27. The maximum atomic E-state index is 14.9. The lowest BCUT2D eigenvalue weighted by atomic mass is 9.82. The highest BCUT2D eigenvalue weighted by atomic mass is 28.4. The van der Waals surface area contributed by atoms with Crippen molar-refractivity contribution in [3.63, 3.8) is 0 Å². The van der Waals surface area contributed by atoms with Crippen LogP contribution < -0.4 is 14.5 Å². The topological polar surface area (TPSA) is 120 Å². The van der Waals surface area contributed by atoms with E-state index < -0.39 is 31.5 Å². The number of fused-ring (bicyclic) bond motifs is 3. The van der Waals surface area contributed by atoms with Gasteiger partial charge in [0.1, 0.15) is 5.75 Å². The molecule has 0 aromatic heterocycles. The van der Waals surface area contributed by atoms with Crippen LogP contribution in [-0.4, -0.2) is 72.7 Å². The van der Waals surface area contributed by atoms with Crippen molar-refractivity contribution in [3.05, 3.63) is 83.9 Å². The molecule has 10 nitrogen and oxygen atoms in total. The third-order valence-corrected chi connectivity index (χ3v) is 12.9.